The molecule has 0 heterocycles. The van der Waals surface area contributed by atoms with E-state index in [1.807, 2.05) is 30.3 Å². The van der Waals surface area contributed by atoms with Crippen molar-refractivity contribution in [1.29, 1.82) is 0 Å². The van der Waals surface area contributed by atoms with Crippen LogP contribution in [0.4, 0.5) is 38.0 Å². The minimum atomic E-state index is -0.460. The molecule has 0 radical (unpaired) electrons. The highest BCUT2D eigenvalue weighted by molar-refractivity contribution is 6.42. The van der Waals surface area contributed by atoms with Gasteiger partial charge in [-0.25, -0.2) is 9.59 Å². The van der Waals surface area contributed by atoms with Gasteiger partial charge in [0.2, 0.25) is 0 Å². The number of benzene rings is 4. The molecule has 0 fully saturated rings. The minimum Gasteiger partial charge on any atom is -0.308 e. The van der Waals surface area contributed by atoms with Gasteiger partial charge >= 0.3 is 12.1 Å². The molecule has 0 aliphatic heterocycles. The molecule has 10 heteroatoms. The van der Waals surface area contributed by atoms with Crippen LogP contribution in [0.25, 0.3) is 0 Å². The number of amides is 4. The second-order valence-electron chi connectivity index (χ2n) is 7.48. The molecular formula is C26H18Cl4N4O2. The van der Waals surface area contributed by atoms with Crippen LogP contribution in [-0.2, 0) is 0 Å². The first kappa shape index (κ1) is 25.7. The molecule has 0 saturated heterocycles. The van der Waals surface area contributed by atoms with Gasteiger partial charge in [0.15, 0.2) is 0 Å². The molecule has 0 bridgehead atoms. The van der Waals surface area contributed by atoms with Gasteiger partial charge in [-0.15, -0.1) is 0 Å². The average Bonchev–Trinajstić information content (AvgIpc) is 2.86. The fourth-order valence-electron chi connectivity index (χ4n) is 3.28. The standard InChI is InChI=1S/C26H18Cl4N4O2/c27-21-12-8-17(14-23(21)29)32-25(35)31-16-6-10-20(11-7-16)34(19-4-2-1-3-5-19)26(36)33-18-9-13-22(28)24(30)15-18/h1-15H,(H,33,36)(H2,31,32,35). The number of anilines is 5. The maximum Gasteiger partial charge on any atom is 0.330 e. The van der Waals surface area contributed by atoms with Crippen LogP contribution in [0.3, 0.4) is 0 Å². The van der Waals surface area contributed by atoms with Crippen molar-refractivity contribution in [3.8, 4) is 0 Å². The molecule has 0 saturated carbocycles. The van der Waals surface area contributed by atoms with Crippen molar-refractivity contribution >= 4 is 86.9 Å². The van der Waals surface area contributed by atoms with Gasteiger partial charge in [-0.3, -0.25) is 4.90 Å². The highest BCUT2D eigenvalue weighted by Crippen LogP contribution is 2.30. The van der Waals surface area contributed by atoms with E-state index in [1.165, 1.54) is 4.90 Å². The summed E-state index contributed by atoms with van der Waals surface area (Å²) in [6.45, 7) is 0. The predicted molar refractivity (Wildman–Crippen MR) is 150 cm³/mol. The number of hydrogen-bond donors (Lipinski definition) is 3. The van der Waals surface area contributed by atoms with E-state index in [4.69, 9.17) is 46.4 Å². The Bertz CT molecular complexity index is 1400. The molecule has 36 heavy (non-hydrogen) atoms. The van der Waals surface area contributed by atoms with Crippen molar-refractivity contribution in [2.75, 3.05) is 20.9 Å². The number of carbonyl (C=O) groups is 2. The highest BCUT2D eigenvalue weighted by atomic mass is 35.5. The van der Waals surface area contributed by atoms with E-state index < -0.39 is 12.1 Å². The summed E-state index contributed by atoms with van der Waals surface area (Å²) in [5.74, 6) is 0. The number of nitrogens with one attached hydrogen (secondary N) is 3. The lowest BCUT2D eigenvalue weighted by atomic mass is 10.2. The third-order valence-corrected chi connectivity index (χ3v) is 6.43. The molecule has 6 nitrogen and oxygen atoms in total. The van der Waals surface area contributed by atoms with E-state index in [9.17, 15) is 9.59 Å². The number of carbonyl (C=O) groups excluding carboxylic acids is 2. The monoisotopic (exact) mass is 558 g/mol. The second-order valence-corrected chi connectivity index (χ2v) is 9.11. The van der Waals surface area contributed by atoms with Crippen molar-refractivity contribution in [1.82, 2.24) is 0 Å². The topological polar surface area (TPSA) is 73.5 Å². The summed E-state index contributed by atoms with van der Waals surface area (Å²) >= 11 is 24.0. The molecule has 0 aliphatic carbocycles. The molecule has 182 valence electrons. The van der Waals surface area contributed by atoms with Gasteiger partial charge in [-0.2, -0.15) is 0 Å². The Kier molecular flexibility index (Phi) is 8.23. The van der Waals surface area contributed by atoms with E-state index in [-0.39, 0.29) is 0 Å². The molecule has 0 spiro atoms. The molecule has 4 aromatic rings. The van der Waals surface area contributed by atoms with Crippen LogP contribution in [0.5, 0.6) is 0 Å². The Morgan fingerprint density at radius 2 is 1.00 bits per heavy atom. The van der Waals surface area contributed by atoms with Gasteiger partial charge in [0.05, 0.1) is 31.5 Å². The second kappa shape index (κ2) is 11.5. The molecule has 0 unspecified atom stereocenters. The van der Waals surface area contributed by atoms with Gasteiger partial charge in [0.25, 0.3) is 0 Å². The van der Waals surface area contributed by atoms with Crippen LogP contribution in [-0.4, -0.2) is 12.1 Å². The molecular weight excluding hydrogens is 542 g/mol. The zero-order valence-electron chi connectivity index (χ0n) is 18.4. The molecule has 3 N–H and O–H groups in total. The van der Waals surface area contributed by atoms with Crippen molar-refractivity contribution in [3.05, 3.63) is 111 Å². The van der Waals surface area contributed by atoms with Crippen molar-refractivity contribution in [2.24, 2.45) is 0 Å². The first-order chi connectivity index (χ1) is 17.3. The minimum absolute atomic E-state index is 0.329. The van der Waals surface area contributed by atoms with E-state index in [2.05, 4.69) is 16.0 Å². The fraction of sp³-hybridized carbons (Fsp3) is 0. The normalized spacial score (nSPS) is 10.4. The third kappa shape index (κ3) is 6.42. The lowest BCUT2D eigenvalue weighted by Gasteiger charge is -2.24. The zero-order chi connectivity index (χ0) is 25.7. The number of para-hydroxylation sites is 1. The van der Waals surface area contributed by atoms with E-state index in [1.54, 1.807) is 60.7 Å². The molecule has 4 aromatic carbocycles. The van der Waals surface area contributed by atoms with Gasteiger partial charge in [0.1, 0.15) is 0 Å². The first-order valence-electron chi connectivity index (χ1n) is 10.5. The number of rotatable bonds is 5. The van der Waals surface area contributed by atoms with Crippen molar-refractivity contribution < 1.29 is 9.59 Å². The van der Waals surface area contributed by atoms with Crippen molar-refractivity contribution in [2.45, 2.75) is 0 Å². The summed E-state index contributed by atoms with van der Waals surface area (Å²) in [6.07, 6.45) is 0. The van der Waals surface area contributed by atoms with Crippen molar-refractivity contribution in [3.63, 3.8) is 0 Å². The van der Waals surface area contributed by atoms with Gasteiger partial charge in [-0.1, -0.05) is 64.6 Å². The fourth-order valence-corrected chi connectivity index (χ4v) is 3.87. The SMILES string of the molecule is O=C(Nc1ccc(N(C(=O)Nc2ccc(Cl)c(Cl)c2)c2ccccc2)cc1)Nc1ccc(Cl)c(Cl)c1. The molecule has 0 atom stereocenters. The molecule has 0 aliphatic rings. The van der Waals surface area contributed by atoms with E-state index >= 15 is 0 Å². The largest absolute Gasteiger partial charge is 0.330 e. The lowest BCUT2D eigenvalue weighted by molar-refractivity contribution is 0.258. The molecule has 4 amide bonds. The number of hydrogen-bond acceptors (Lipinski definition) is 2. The number of urea groups is 2. The van der Waals surface area contributed by atoms with Crippen LogP contribution >= 0.6 is 46.4 Å². The zero-order valence-corrected chi connectivity index (χ0v) is 21.5. The van der Waals surface area contributed by atoms with Crippen LogP contribution in [0.1, 0.15) is 0 Å². The van der Waals surface area contributed by atoms with Crippen LogP contribution in [0, 0.1) is 0 Å². The Morgan fingerprint density at radius 1 is 0.528 bits per heavy atom. The summed E-state index contributed by atoms with van der Waals surface area (Å²) in [6, 6.07) is 24.7. The molecule has 4 rings (SSSR count). The maximum absolute atomic E-state index is 13.3. The van der Waals surface area contributed by atoms with Gasteiger partial charge in [-0.05, 0) is 72.8 Å². The van der Waals surface area contributed by atoms with E-state index in [0.717, 1.165) is 0 Å². The smallest absolute Gasteiger partial charge is 0.308 e. The summed E-state index contributed by atoms with van der Waals surface area (Å²) < 4.78 is 0. The van der Waals surface area contributed by atoms with Crippen LogP contribution in [0.15, 0.2) is 91.0 Å². The predicted octanol–water partition coefficient (Wildman–Crippen LogP) is 9.31. The van der Waals surface area contributed by atoms with Gasteiger partial charge in [0, 0.05) is 17.1 Å². The summed E-state index contributed by atoms with van der Waals surface area (Å²) in [7, 11) is 0. The Morgan fingerprint density at radius 3 is 1.56 bits per heavy atom. The molecule has 0 aromatic heterocycles. The lowest BCUT2D eigenvalue weighted by Crippen LogP contribution is -2.30. The average molecular weight is 560 g/mol. The Balaban J connectivity index is 1.51. The highest BCUT2D eigenvalue weighted by Gasteiger charge is 2.19. The number of halogens is 4. The number of nitrogens with zero attached hydrogens (tertiary/aromatic N) is 1. The summed E-state index contributed by atoms with van der Waals surface area (Å²) in [5.41, 5.74) is 2.73. The van der Waals surface area contributed by atoms with Gasteiger partial charge < -0.3 is 16.0 Å². The Labute approximate surface area is 227 Å². The van der Waals surface area contributed by atoms with Crippen LogP contribution in [0.2, 0.25) is 20.1 Å². The third-order valence-electron chi connectivity index (χ3n) is 4.95. The quantitative estimate of drug-likeness (QED) is 0.228. The summed E-state index contributed by atoms with van der Waals surface area (Å²) in [5, 5.41) is 9.70. The summed E-state index contributed by atoms with van der Waals surface area (Å²) in [4.78, 5) is 27.2. The van der Waals surface area contributed by atoms with E-state index in [0.29, 0.717) is 48.5 Å². The Hall–Kier alpha value is -3.42. The first-order valence-corrected chi connectivity index (χ1v) is 12.1. The van der Waals surface area contributed by atoms with Crippen LogP contribution < -0.4 is 20.9 Å². The maximum atomic E-state index is 13.3.